The first-order valence-corrected chi connectivity index (χ1v) is 5.14. The summed E-state index contributed by atoms with van der Waals surface area (Å²) in [5, 5.41) is 8.86. The van der Waals surface area contributed by atoms with Crippen molar-refractivity contribution in [3.8, 4) is 17.2 Å². The molecule has 0 bridgehead atoms. The van der Waals surface area contributed by atoms with Gasteiger partial charge in [0.1, 0.15) is 11.6 Å². The zero-order valence-corrected chi connectivity index (χ0v) is 9.30. The van der Waals surface area contributed by atoms with E-state index in [0.29, 0.717) is 16.7 Å². The van der Waals surface area contributed by atoms with Crippen LogP contribution in [0.2, 0.25) is 5.02 Å². The van der Waals surface area contributed by atoms with Crippen molar-refractivity contribution >= 4 is 11.6 Å². The van der Waals surface area contributed by atoms with Crippen molar-refractivity contribution in [2.45, 2.75) is 0 Å². The number of rotatable bonds is 1. The molecule has 2 aromatic rings. The van der Waals surface area contributed by atoms with E-state index in [1.807, 2.05) is 6.07 Å². The predicted octanol–water partition coefficient (Wildman–Crippen LogP) is 4.16. The Labute approximate surface area is 102 Å². The Morgan fingerprint density at radius 2 is 1.82 bits per heavy atom. The summed E-state index contributed by atoms with van der Waals surface area (Å²) in [6.07, 6.45) is 0. The van der Waals surface area contributed by atoms with Crippen molar-refractivity contribution in [2.75, 3.05) is 0 Å². The van der Waals surface area contributed by atoms with Gasteiger partial charge in [-0.1, -0.05) is 17.7 Å². The summed E-state index contributed by atoms with van der Waals surface area (Å²) in [6.45, 7) is 0. The van der Waals surface area contributed by atoms with E-state index in [0.717, 1.165) is 0 Å². The highest BCUT2D eigenvalue weighted by Crippen LogP contribution is 2.28. The molecule has 0 radical (unpaired) electrons. The monoisotopic (exact) mass is 249 g/mol. The van der Waals surface area contributed by atoms with E-state index in [2.05, 4.69) is 0 Å². The van der Waals surface area contributed by atoms with Crippen molar-refractivity contribution in [1.82, 2.24) is 0 Å². The van der Waals surface area contributed by atoms with Crippen LogP contribution in [0.15, 0.2) is 36.4 Å². The van der Waals surface area contributed by atoms with Crippen LogP contribution in [0.25, 0.3) is 11.1 Å². The van der Waals surface area contributed by atoms with Crippen molar-refractivity contribution in [2.24, 2.45) is 0 Å². The van der Waals surface area contributed by atoms with E-state index >= 15 is 0 Å². The maximum Gasteiger partial charge on any atom is 0.141 e. The predicted molar refractivity (Wildman–Crippen MR) is 61.5 cm³/mol. The first kappa shape index (κ1) is 11.6. The minimum absolute atomic E-state index is 0.0596. The fraction of sp³-hybridized carbons (Fsp3) is 0. The van der Waals surface area contributed by atoms with Gasteiger partial charge in [-0.15, -0.1) is 0 Å². The Kier molecular flexibility index (Phi) is 3.08. The molecule has 0 fully saturated rings. The molecule has 0 aromatic heterocycles. The molecule has 0 heterocycles. The Balaban J connectivity index is 2.63. The third kappa shape index (κ3) is 2.27. The minimum atomic E-state index is -0.551. The molecule has 0 aliphatic rings. The van der Waals surface area contributed by atoms with Crippen LogP contribution in [-0.4, -0.2) is 0 Å². The number of hydrogen-bond donors (Lipinski definition) is 0. The number of hydrogen-bond acceptors (Lipinski definition) is 1. The van der Waals surface area contributed by atoms with Gasteiger partial charge in [0.05, 0.1) is 16.7 Å². The van der Waals surface area contributed by atoms with Gasteiger partial charge in [0.2, 0.25) is 0 Å². The molecular formula is C13H6ClF2N. The van der Waals surface area contributed by atoms with Crippen LogP contribution in [0.1, 0.15) is 5.56 Å². The van der Waals surface area contributed by atoms with E-state index in [1.165, 1.54) is 36.4 Å². The summed E-state index contributed by atoms with van der Waals surface area (Å²) in [7, 11) is 0. The Hall–Kier alpha value is -1.92. The topological polar surface area (TPSA) is 23.8 Å². The standard InChI is InChI=1S/C13H6ClF2N/c14-12-5-8(2-4-13(12)16)11-6-10(15)3-1-9(11)7-17/h1-6H. The van der Waals surface area contributed by atoms with E-state index < -0.39 is 11.6 Å². The molecule has 2 aromatic carbocycles. The zero-order valence-electron chi connectivity index (χ0n) is 8.55. The molecule has 1 nitrogen and oxygen atoms in total. The van der Waals surface area contributed by atoms with Crippen LogP contribution in [0.5, 0.6) is 0 Å². The first-order chi connectivity index (χ1) is 8.11. The Morgan fingerprint density at radius 1 is 1.06 bits per heavy atom. The summed E-state index contributed by atoms with van der Waals surface area (Å²) >= 11 is 5.65. The van der Waals surface area contributed by atoms with Crippen LogP contribution in [0.4, 0.5) is 8.78 Å². The summed E-state index contributed by atoms with van der Waals surface area (Å²) in [6, 6.07) is 9.76. The molecule has 0 atom stereocenters. The fourth-order valence-electron chi connectivity index (χ4n) is 1.52. The van der Waals surface area contributed by atoms with Crippen LogP contribution in [0.3, 0.4) is 0 Å². The summed E-state index contributed by atoms with van der Waals surface area (Å²) in [5.74, 6) is -1.01. The fourth-order valence-corrected chi connectivity index (χ4v) is 1.70. The number of benzene rings is 2. The van der Waals surface area contributed by atoms with Gasteiger partial charge in [-0.3, -0.25) is 0 Å². The Morgan fingerprint density at radius 3 is 2.47 bits per heavy atom. The molecule has 0 saturated carbocycles. The van der Waals surface area contributed by atoms with Crippen LogP contribution < -0.4 is 0 Å². The summed E-state index contributed by atoms with van der Waals surface area (Å²) in [5.41, 5.74) is 1.22. The lowest BCUT2D eigenvalue weighted by molar-refractivity contribution is 0.627. The maximum atomic E-state index is 13.1. The largest absolute Gasteiger partial charge is 0.207 e. The molecule has 4 heteroatoms. The molecule has 0 amide bonds. The van der Waals surface area contributed by atoms with Gasteiger partial charge in [-0.2, -0.15) is 5.26 Å². The molecule has 2 rings (SSSR count). The minimum Gasteiger partial charge on any atom is -0.207 e. The average molecular weight is 250 g/mol. The second kappa shape index (κ2) is 4.52. The smallest absolute Gasteiger partial charge is 0.141 e. The number of nitriles is 1. The average Bonchev–Trinajstić information content (AvgIpc) is 2.32. The van der Waals surface area contributed by atoms with Crippen molar-refractivity contribution < 1.29 is 8.78 Å². The lowest BCUT2D eigenvalue weighted by Gasteiger charge is -2.05. The molecule has 0 unspecified atom stereocenters. The molecular weight excluding hydrogens is 244 g/mol. The lowest BCUT2D eigenvalue weighted by Crippen LogP contribution is -1.87. The number of nitrogens with zero attached hydrogens (tertiary/aromatic N) is 1. The van der Waals surface area contributed by atoms with E-state index in [-0.39, 0.29) is 5.02 Å². The molecule has 0 saturated heterocycles. The quantitative estimate of drug-likeness (QED) is 0.745. The second-order valence-corrected chi connectivity index (χ2v) is 3.84. The van der Waals surface area contributed by atoms with Crippen LogP contribution in [-0.2, 0) is 0 Å². The summed E-state index contributed by atoms with van der Waals surface area (Å²) < 4.78 is 26.1. The third-order valence-corrected chi connectivity index (χ3v) is 2.62. The third-order valence-electron chi connectivity index (χ3n) is 2.33. The van der Waals surface area contributed by atoms with Crippen molar-refractivity contribution in [3.05, 3.63) is 58.6 Å². The molecule has 0 spiro atoms. The van der Waals surface area contributed by atoms with Crippen molar-refractivity contribution in [1.29, 1.82) is 5.26 Å². The number of halogens is 3. The molecule has 0 aliphatic heterocycles. The zero-order chi connectivity index (χ0) is 12.4. The van der Waals surface area contributed by atoms with E-state index in [4.69, 9.17) is 16.9 Å². The van der Waals surface area contributed by atoms with Gasteiger partial charge in [0, 0.05) is 5.56 Å². The Bertz CT molecular complexity index is 617. The van der Waals surface area contributed by atoms with Crippen LogP contribution in [0, 0.1) is 23.0 Å². The first-order valence-electron chi connectivity index (χ1n) is 4.77. The van der Waals surface area contributed by atoms with Crippen molar-refractivity contribution in [3.63, 3.8) is 0 Å². The molecule has 0 N–H and O–H groups in total. The van der Waals surface area contributed by atoms with Crippen LogP contribution >= 0.6 is 11.6 Å². The summed E-state index contributed by atoms with van der Waals surface area (Å²) in [4.78, 5) is 0. The highest BCUT2D eigenvalue weighted by molar-refractivity contribution is 6.31. The second-order valence-electron chi connectivity index (χ2n) is 3.43. The molecule has 17 heavy (non-hydrogen) atoms. The normalized spacial score (nSPS) is 10.0. The van der Waals surface area contributed by atoms with Gasteiger partial charge >= 0.3 is 0 Å². The lowest BCUT2D eigenvalue weighted by atomic mass is 10.0. The SMILES string of the molecule is N#Cc1ccc(F)cc1-c1ccc(F)c(Cl)c1. The van der Waals surface area contributed by atoms with Gasteiger partial charge in [0.25, 0.3) is 0 Å². The molecule has 0 aliphatic carbocycles. The van der Waals surface area contributed by atoms with Gasteiger partial charge in [-0.25, -0.2) is 8.78 Å². The van der Waals surface area contributed by atoms with E-state index in [9.17, 15) is 8.78 Å². The highest BCUT2D eigenvalue weighted by Gasteiger charge is 2.08. The highest BCUT2D eigenvalue weighted by atomic mass is 35.5. The van der Waals surface area contributed by atoms with Gasteiger partial charge < -0.3 is 0 Å². The maximum absolute atomic E-state index is 13.1. The molecule has 84 valence electrons. The van der Waals surface area contributed by atoms with Gasteiger partial charge in [0.15, 0.2) is 0 Å². The van der Waals surface area contributed by atoms with Gasteiger partial charge in [-0.05, 0) is 35.9 Å². The van der Waals surface area contributed by atoms with E-state index in [1.54, 1.807) is 0 Å².